The molecule has 1 aromatic rings. The van der Waals surface area contributed by atoms with Gasteiger partial charge in [0.25, 0.3) is 0 Å². The molecule has 0 atom stereocenters. The van der Waals surface area contributed by atoms with Crippen LogP contribution in [0.5, 0.6) is 0 Å². The minimum Gasteiger partial charge on any atom is -0.242 e. The summed E-state index contributed by atoms with van der Waals surface area (Å²) in [5, 5.41) is 4.39. The molecule has 0 amide bonds. The summed E-state index contributed by atoms with van der Waals surface area (Å²) in [6.07, 6.45) is 3.82. The van der Waals surface area contributed by atoms with Crippen molar-refractivity contribution in [1.82, 2.24) is 5.32 Å². The van der Waals surface area contributed by atoms with E-state index in [1.165, 1.54) is 30.4 Å². The Kier molecular flexibility index (Phi) is 3.20. The largest absolute Gasteiger partial charge is 0.242 e. The number of rotatable bonds is 2. The third kappa shape index (κ3) is 2.58. The highest BCUT2D eigenvalue weighted by Crippen LogP contribution is 2.18. The van der Waals surface area contributed by atoms with Gasteiger partial charge in [-0.05, 0) is 37.7 Å². The molecule has 0 bridgehead atoms. The second kappa shape index (κ2) is 4.61. The average Bonchev–Trinajstić information content (AvgIpc) is 2.19. The Balaban J connectivity index is 1.95. The molecule has 0 N–H and O–H groups in total. The predicted octanol–water partition coefficient (Wildman–Crippen LogP) is 2.55. The number of piperidine rings is 1. The number of aryl methyl sites for hydroxylation is 1. The van der Waals surface area contributed by atoms with Gasteiger partial charge in [-0.1, -0.05) is 29.8 Å². The maximum atomic E-state index is 4.39. The molecule has 1 saturated heterocycles. The van der Waals surface area contributed by atoms with Crippen LogP contribution in [0.2, 0.25) is 0 Å². The molecule has 1 heteroatoms. The smallest absolute Gasteiger partial charge is 0.0136 e. The van der Waals surface area contributed by atoms with E-state index in [4.69, 9.17) is 0 Å². The van der Waals surface area contributed by atoms with Crippen LogP contribution in [-0.4, -0.2) is 13.1 Å². The molecule has 1 aliphatic heterocycles. The van der Waals surface area contributed by atoms with Crippen molar-refractivity contribution >= 4 is 0 Å². The van der Waals surface area contributed by atoms with Crippen LogP contribution in [0.1, 0.15) is 24.0 Å². The minimum atomic E-state index is 0.870. The molecular formula is C13H18N. The highest BCUT2D eigenvalue weighted by atomic mass is 14.9. The fourth-order valence-electron chi connectivity index (χ4n) is 2.18. The average molecular weight is 188 g/mol. The van der Waals surface area contributed by atoms with Gasteiger partial charge in [0.15, 0.2) is 0 Å². The van der Waals surface area contributed by atoms with Crippen molar-refractivity contribution in [3.63, 3.8) is 0 Å². The van der Waals surface area contributed by atoms with Gasteiger partial charge in [0.2, 0.25) is 0 Å². The van der Waals surface area contributed by atoms with Crippen LogP contribution >= 0.6 is 0 Å². The molecular weight excluding hydrogens is 170 g/mol. The van der Waals surface area contributed by atoms with Crippen LogP contribution in [0.25, 0.3) is 0 Å². The third-order valence-electron chi connectivity index (χ3n) is 3.00. The van der Waals surface area contributed by atoms with Crippen molar-refractivity contribution in [2.24, 2.45) is 5.92 Å². The van der Waals surface area contributed by atoms with Crippen molar-refractivity contribution in [2.45, 2.75) is 26.2 Å². The summed E-state index contributed by atoms with van der Waals surface area (Å²) in [7, 11) is 0. The van der Waals surface area contributed by atoms with Crippen LogP contribution < -0.4 is 5.32 Å². The molecule has 0 aromatic heterocycles. The Hall–Kier alpha value is -0.820. The number of benzene rings is 1. The molecule has 1 aromatic carbocycles. The summed E-state index contributed by atoms with van der Waals surface area (Å²) in [6.45, 7) is 4.33. The molecule has 2 rings (SSSR count). The highest BCUT2D eigenvalue weighted by Gasteiger charge is 2.13. The molecule has 75 valence electrons. The van der Waals surface area contributed by atoms with Crippen LogP contribution in [0, 0.1) is 12.8 Å². The van der Waals surface area contributed by atoms with Gasteiger partial charge in [0, 0.05) is 13.1 Å². The van der Waals surface area contributed by atoms with Gasteiger partial charge >= 0.3 is 0 Å². The van der Waals surface area contributed by atoms with Crippen molar-refractivity contribution in [1.29, 1.82) is 0 Å². The molecule has 14 heavy (non-hydrogen) atoms. The van der Waals surface area contributed by atoms with E-state index >= 15 is 0 Å². The zero-order valence-electron chi connectivity index (χ0n) is 8.87. The minimum absolute atomic E-state index is 0.870. The van der Waals surface area contributed by atoms with E-state index in [2.05, 4.69) is 36.5 Å². The summed E-state index contributed by atoms with van der Waals surface area (Å²) in [5.41, 5.74) is 2.87. The summed E-state index contributed by atoms with van der Waals surface area (Å²) >= 11 is 0. The topological polar surface area (TPSA) is 14.1 Å². The molecule has 0 saturated carbocycles. The highest BCUT2D eigenvalue weighted by molar-refractivity contribution is 5.22. The first kappa shape index (κ1) is 9.72. The first-order valence-electron chi connectivity index (χ1n) is 5.53. The first-order valence-corrected chi connectivity index (χ1v) is 5.53. The Morgan fingerprint density at radius 3 is 2.79 bits per heavy atom. The summed E-state index contributed by atoms with van der Waals surface area (Å²) in [4.78, 5) is 0. The van der Waals surface area contributed by atoms with Crippen molar-refractivity contribution in [3.8, 4) is 0 Å². The van der Waals surface area contributed by atoms with Crippen LogP contribution in [0.15, 0.2) is 24.3 Å². The Morgan fingerprint density at radius 2 is 2.07 bits per heavy atom. The van der Waals surface area contributed by atoms with Gasteiger partial charge in [0.1, 0.15) is 0 Å². The van der Waals surface area contributed by atoms with E-state index in [0.29, 0.717) is 0 Å². The SMILES string of the molecule is Cc1cccc(CC2CC[N]CC2)c1. The second-order valence-electron chi connectivity index (χ2n) is 4.31. The van der Waals surface area contributed by atoms with E-state index in [0.717, 1.165) is 19.0 Å². The monoisotopic (exact) mass is 188 g/mol. The van der Waals surface area contributed by atoms with Gasteiger partial charge in [-0.2, -0.15) is 0 Å². The van der Waals surface area contributed by atoms with E-state index in [-0.39, 0.29) is 0 Å². The lowest BCUT2D eigenvalue weighted by molar-refractivity contribution is 0.368. The summed E-state index contributed by atoms with van der Waals surface area (Å²) in [6, 6.07) is 8.89. The Labute approximate surface area is 86.5 Å². The zero-order chi connectivity index (χ0) is 9.80. The molecule has 1 fully saturated rings. The van der Waals surface area contributed by atoms with Gasteiger partial charge in [-0.25, -0.2) is 5.32 Å². The summed E-state index contributed by atoms with van der Waals surface area (Å²) in [5.74, 6) is 0.870. The lowest BCUT2D eigenvalue weighted by atomic mass is 9.90. The zero-order valence-corrected chi connectivity index (χ0v) is 8.87. The van der Waals surface area contributed by atoms with Gasteiger partial charge in [0.05, 0.1) is 0 Å². The van der Waals surface area contributed by atoms with Crippen molar-refractivity contribution in [3.05, 3.63) is 35.4 Å². The first-order chi connectivity index (χ1) is 6.84. The standard InChI is InChI=1S/C13H18N/c1-11-3-2-4-13(9-11)10-12-5-7-14-8-6-12/h2-4,9,12H,5-8,10H2,1H3. The molecule has 1 radical (unpaired) electrons. The Morgan fingerprint density at radius 1 is 1.29 bits per heavy atom. The molecule has 1 heterocycles. The quantitative estimate of drug-likeness (QED) is 0.677. The maximum absolute atomic E-state index is 4.39. The van der Waals surface area contributed by atoms with Crippen LogP contribution in [0.3, 0.4) is 0 Å². The van der Waals surface area contributed by atoms with E-state index in [1.54, 1.807) is 0 Å². The number of hydrogen-bond donors (Lipinski definition) is 0. The lowest BCUT2D eigenvalue weighted by Gasteiger charge is -2.21. The third-order valence-corrected chi connectivity index (χ3v) is 3.00. The molecule has 0 aliphatic carbocycles. The fourth-order valence-corrected chi connectivity index (χ4v) is 2.18. The van der Waals surface area contributed by atoms with E-state index in [9.17, 15) is 0 Å². The summed E-state index contributed by atoms with van der Waals surface area (Å²) < 4.78 is 0. The van der Waals surface area contributed by atoms with Gasteiger partial charge in [-0.15, -0.1) is 0 Å². The normalized spacial score (nSPS) is 18.4. The van der Waals surface area contributed by atoms with Gasteiger partial charge < -0.3 is 0 Å². The Bertz CT molecular complexity index is 287. The lowest BCUT2D eigenvalue weighted by Crippen LogP contribution is -2.23. The van der Waals surface area contributed by atoms with Gasteiger partial charge in [-0.3, -0.25) is 0 Å². The number of nitrogens with zero attached hydrogens (tertiary/aromatic N) is 1. The van der Waals surface area contributed by atoms with E-state index in [1.807, 2.05) is 0 Å². The predicted molar refractivity (Wildman–Crippen MR) is 59.5 cm³/mol. The molecule has 0 spiro atoms. The maximum Gasteiger partial charge on any atom is 0.0136 e. The molecule has 1 nitrogen and oxygen atoms in total. The van der Waals surface area contributed by atoms with Crippen molar-refractivity contribution in [2.75, 3.05) is 13.1 Å². The molecule has 0 unspecified atom stereocenters. The van der Waals surface area contributed by atoms with Crippen molar-refractivity contribution < 1.29 is 0 Å². The van der Waals surface area contributed by atoms with Crippen LogP contribution in [-0.2, 0) is 6.42 Å². The number of hydrogen-bond acceptors (Lipinski definition) is 0. The fraction of sp³-hybridized carbons (Fsp3) is 0.538. The molecule has 1 aliphatic rings. The second-order valence-corrected chi connectivity index (χ2v) is 4.31. The van der Waals surface area contributed by atoms with E-state index < -0.39 is 0 Å². The van der Waals surface area contributed by atoms with Crippen LogP contribution in [0.4, 0.5) is 0 Å².